The van der Waals surface area contributed by atoms with Gasteiger partial charge in [0.1, 0.15) is 0 Å². The molecule has 0 aliphatic carbocycles. The topological polar surface area (TPSA) is 35.6 Å². The van der Waals surface area contributed by atoms with Crippen LogP contribution in [-0.2, 0) is 4.79 Å². The molecule has 1 amide bonds. The summed E-state index contributed by atoms with van der Waals surface area (Å²) < 4.78 is 0. The zero-order valence-electron chi connectivity index (χ0n) is 11.6. The summed E-state index contributed by atoms with van der Waals surface area (Å²) in [5.41, 5.74) is 0. The minimum atomic E-state index is 0.281. The molecule has 18 heavy (non-hydrogen) atoms. The molecule has 2 bridgehead atoms. The summed E-state index contributed by atoms with van der Waals surface area (Å²) in [6, 6.07) is 0.471. The normalized spacial score (nSPS) is 39.9. The molecule has 0 spiro atoms. The van der Waals surface area contributed by atoms with Gasteiger partial charge in [-0.3, -0.25) is 10.1 Å². The number of nitrogens with zero attached hydrogens (tertiary/aromatic N) is 2. The van der Waals surface area contributed by atoms with Crippen LogP contribution in [0.2, 0.25) is 0 Å². The fourth-order valence-corrected chi connectivity index (χ4v) is 3.88. The largest absolute Gasteiger partial charge is 0.321 e. The lowest BCUT2D eigenvalue weighted by molar-refractivity contribution is -0.135. The first-order valence-corrected chi connectivity index (χ1v) is 7.42. The van der Waals surface area contributed by atoms with Crippen molar-refractivity contribution >= 4 is 5.91 Å². The fourth-order valence-electron chi connectivity index (χ4n) is 3.88. The third-order valence-corrected chi connectivity index (χ3v) is 4.79. The molecule has 2 atom stereocenters. The maximum atomic E-state index is 12.2. The molecule has 1 N–H and O–H groups in total. The highest BCUT2D eigenvalue weighted by atomic mass is 16.2. The summed E-state index contributed by atoms with van der Waals surface area (Å²) in [5.74, 6) is 1.70. The molecule has 4 heterocycles. The van der Waals surface area contributed by atoms with E-state index in [1.165, 1.54) is 25.9 Å². The number of hydrogen-bond donors (Lipinski definition) is 1. The maximum Gasteiger partial charge on any atom is 0.238 e. The lowest BCUT2D eigenvalue weighted by Gasteiger charge is -2.49. The van der Waals surface area contributed by atoms with Gasteiger partial charge in [-0.1, -0.05) is 13.8 Å². The molecule has 4 saturated heterocycles. The second-order valence-electron chi connectivity index (χ2n) is 6.53. The van der Waals surface area contributed by atoms with Crippen molar-refractivity contribution in [1.29, 1.82) is 0 Å². The highest BCUT2D eigenvalue weighted by Crippen LogP contribution is 2.33. The van der Waals surface area contributed by atoms with Crippen molar-refractivity contribution in [3.8, 4) is 0 Å². The van der Waals surface area contributed by atoms with Crippen molar-refractivity contribution in [2.24, 2.45) is 11.8 Å². The maximum absolute atomic E-state index is 12.2. The first-order chi connectivity index (χ1) is 8.65. The van der Waals surface area contributed by atoms with E-state index in [0.717, 1.165) is 18.9 Å². The number of fused-ring (bicyclic) bond motifs is 3. The van der Waals surface area contributed by atoms with Crippen LogP contribution >= 0.6 is 0 Å². The lowest BCUT2D eigenvalue weighted by atomic mass is 9.82. The van der Waals surface area contributed by atoms with E-state index < -0.39 is 0 Å². The number of rotatable bonds is 3. The Bertz CT molecular complexity index is 323. The van der Waals surface area contributed by atoms with Crippen molar-refractivity contribution in [2.45, 2.75) is 45.3 Å². The van der Waals surface area contributed by atoms with Gasteiger partial charge in [0.25, 0.3) is 0 Å². The quantitative estimate of drug-likeness (QED) is 0.809. The molecule has 4 aliphatic heterocycles. The van der Waals surface area contributed by atoms with E-state index in [-0.39, 0.29) is 6.17 Å². The van der Waals surface area contributed by atoms with Crippen LogP contribution in [0, 0.1) is 11.8 Å². The van der Waals surface area contributed by atoms with E-state index >= 15 is 0 Å². The Labute approximate surface area is 110 Å². The highest BCUT2D eigenvalue weighted by Gasteiger charge is 2.44. The smallest absolute Gasteiger partial charge is 0.238 e. The SMILES string of the molecule is CC(C)CC1NCC(=O)N1C1CN2CCC1CC2. The van der Waals surface area contributed by atoms with E-state index in [1.54, 1.807) is 0 Å². The number of piperidine rings is 3. The van der Waals surface area contributed by atoms with Gasteiger partial charge < -0.3 is 9.80 Å². The Morgan fingerprint density at radius 2 is 2.06 bits per heavy atom. The van der Waals surface area contributed by atoms with Gasteiger partial charge in [-0.15, -0.1) is 0 Å². The number of amides is 1. The Balaban J connectivity index is 1.74. The summed E-state index contributed by atoms with van der Waals surface area (Å²) in [6.07, 6.45) is 3.92. The second-order valence-corrected chi connectivity index (χ2v) is 6.53. The molecule has 2 unspecified atom stereocenters. The van der Waals surface area contributed by atoms with Crippen molar-refractivity contribution in [3.63, 3.8) is 0 Å². The molecule has 102 valence electrons. The zero-order chi connectivity index (χ0) is 12.7. The average molecular weight is 251 g/mol. The van der Waals surface area contributed by atoms with Gasteiger partial charge >= 0.3 is 0 Å². The first kappa shape index (κ1) is 12.4. The van der Waals surface area contributed by atoms with E-state index in [2.05, 4.69) is 29.0 Å². The molecular weight excluding hydrogens is 226 g/mol. The predicted octanol–water partition coefficient (Wildman–Crippen LogP) is 0.885. The molecule has 4 heteroatoms. The summed E-state index contributed by atoms with van der Waals surface area (Å²) in [7, 11) is 0. The van der Waals surface area contributed by atoms with Gasteiger partial charge in [0.05, 0.1) is 12.7 Å². The third kappa shape index (κ3) is 2.16. The first-order valence-electron chi connectivity index (χ1n) is 7.42. The zero-order valence-corrected chi connectivity index (χ0v) is 11.6. The summed E-state index contributed by atoms with van der Waals surface area (Å²) >= 11 is 0. The van der Waals surface area contributed by atoms with Gasteiger partial charge in [0, 0.05) is 12.6 Å². The molecule has 0 saturated carbocycles. The van der Waals surface area contributed by atoms with Crippen molar-refractivity contribution < 1.29 is 4.79 Å². The van der Waals surface area contributed by atoms with Crippen LogP contribution in [0.1, 0.15) is 33.1 Å². The fraction of sp³-hybridized carbons (Fsp3) is 0.929. The van der Waals surface area contributed by atoms with Crippen molar-refractivity contribution in [3.05, 3.63) is 0 Å². The number of carbonyl (C=O) groups is 1. The lowest BCUT2D eigenvalue weighted by Crippen LogP contribution is -2.60. The van der Waals surface area contributed by atoms with Crippen LogP contribution in [0.4, 0.5) is 0 Å². The van der Waals surface area contributed by atoms with Crippen LogP contribution in [0.3, 0.4) is 0 Å². The predicted molar refractivity (Wildman–Crippen MR) is 71.0 cm³/mol. The van der Waals surface area contributed by atoms with Crippen LogP contribution in [0.15, 0.2) is 0 Å². The number of carbonyl (C=O) groups excluding carboxylic acids is 1. The van der Waals surface area contributed by atoms with E-state index in [0.29, 0.717) is 24.4 Å². The molecule has 0 aromatic carbocycles. The molecule has 4 fully saturated rings. The number of nitrogens with one attached hydrogen (secondary N) is 1. The van der Waals surface area contributed by atoms with Gasteiger partial charge in [0.2, 0.25) is 5.91 Å². The van der Waals surface area contributed by atoms with Gasteiger partial charge in [-0.05, 0) is 44.2 Å². The minimum absolute atomic E-state index is 0.281. The van der Waals surface area contributed by atoms with Crippen molar-refractivity contribution in [1.82, 2.24) is 15.1 Å². The van der Waals surface area contributed by atoms with E-state index in [9.17, 15) is 4.79 Å². The molecule has 4 rings (SSSR count). The van der Waals surface area contributed by atoms with Gasteiger partial charge in [0.15, 0.2) is 0 Å². The van der Waals surface area contributed by atoms with Crippen LogP contribution in [0.25, 0.3) is 0 Å². The molecule has 0 aromatic rings. The van der Waals surface area contributed by atoms with Crippen LogP contribution in [-0.4, -0.2) is 54.1 Å². The monoisotopic (exact) mass is 251 g/mol. The minimum Gasteiger partial charge on any atom is -0.321 e. The summed E-state index contributed by atoms with van der Waals surface area (Å²) in [5, 5.41) is 3.40. The molecule has 0 radical (unpaired) electrons. The Kier molecular flexibility index (Phi) is 3.32. The van der Waals surface area contributed by atoms with Crippen LogP contribution < -0.4 is 5.32 Å². The summed E-state index contributed by atoms with van der Waals surface area (Å²) in [4.78, 5) is 16.9. The summed E-state index contributed by atoms with van der Waals surface area (Å²) in [6.45, 7) is 8.60. The Hall–Kier alpha value is -0.610. The molecular formula is C14H25N3O. The highest BCUT2D eigenvalue weighted by molar-refractivity contribution is 5.81. The molecule has 4 nitrogen and oxygen atoms in total. The molecule has 4 aliphatic rings. The van der Waals surface area contributed by atoms with E-state index in [4.69, 9.17) is 0 Å². The van der Waals surface area contributed by atoms with Gasteiger partial charge in [-0.25, -0.2) is 0 Å². The average Bonchev–Trinajstić information content (AvgIpc) is 2.71. The van der Waals surface area contributed by atoms with Gasteiger partial charge in [-0.2, -0.15) is 0 Å². The van der Waals surface area contributed by atoms with E-state index in [1.807, 2.05) is 0 Å². The number of hydrogen-bond acceptors (Lipinski definition) is 3. The standard InChI is InChI=1S/C14H25N3O/c1-10(2)7-13-15-8-14(18)17(13)12-9-16-5-3-11(12)4-6-16/h10-13,15H,3-9H2,1-2H3. The Morgan fingerprint density at radius 1 is 1.33 bits per heavy atom. The van der Waals surface area contributed by atoms with Crippen LogP contribution in [0.5, 0.6) is 0 Å². The Morgan fingerprint density at radius 3 is 2.61 bits per heavy atom. The molecule has 0 aromatic heterocycles. The third-order valence-electron chi connectivity index (χ3n) is 4.79. The van der Waals surface area contributed by atoms with Crippen molar-refractivity contribution in [2.75, 3.05) is 26.2 Å². The second kappa shape index (κ2) is 4.82.